The van der Waals surface area contributed by atoms with Gasteiger partial charge in [-0.05, 0) is 49.7 Å². The Balaban J connectivity index is 0.00000341. The van der Waals surface area contributed by atoms with Crippen molar-refractivity contribution in [3.05, 3.63) is 54.0 Å². The van der Waals surface area contributed by atoms with Gasteiger partial charge in [0.05, 0.1) is 26.0 Å². The number of ether oxygens (including phenoxy) is 1. The molecule has 0 saturated carbocycles. The lowest BCUT2D eigenvalue weighted by atomic mass is 10.2. The van der Waals surface area contributed by atoms with E-state index in [9.17, 15) is 4.79 Å². The minimum Gasteiger partial charge on any atom is -0.459 e. The summed E-state index contributed by atoms with van der Waals surface area (Å²) in [6.07, 6.45) is 2.54. The Morgan fingerprint density at radius 2 is 1.90 bits per heavy atom. The maximum Gasteiger partial charge on any atom is 0.291 e. The lowest BCUT2D eigenvalue weighted by molar-refractivity contribution is 0.0376. The van der Waals surface area contributed by atoms with Gasteiger partial charge in [-0.2, -0.15) is 0 Å². The zero-order valence-corrected chi connectivity index (χ0v) is 20.3. The summed E-state index contributed by atoms with van der Waals surface area (Å²) in [5, 5.41) is 9.49. The Bertz CT molecular complexity index is 790. The number of guanidine groups is 1. The van der Waals surface area contributed by atoms with Crippen LogP contribution >= 0.6 is 24.0 Å². The van der Waals surface area contributed by atoms with Crippen molar-refractivity contribution in [3.63, 3.8) is 0 Å². The molecule has 0 radical (unpaired) electrons. The quantitative estimate of drug-likeness (QED) is 0.196. The predicted octanol–water partition coefficient (Wildman–Crippen LogP) is 2.93. The second-order valence-electron chi connectivity index (χ2n) is 7.06. The van der Waals surface area contributed by atoms with Crippen LogP contribution in [0.2, 0.25) is 0 Å². The number of carbonyl (C=O) groups excluding carboxylic acids is 1. The molecule has 1 saturated heterocycles. The Kier molecular flexibility index (Phi) is 11.4. The SMILES string of the molecule is CCNC(=NCc1ccc(NC(=O)c2ccco2)cc1)NCCCN1CCOCC1.I. The van der Waals surface area contributed by atoms with E-state index in [1.807, 2.05) is 24.3 Å². The fourth-order valence-corrected chi connectivity index (χ4v) is 3.14. The van der Waals surface area contributed by atoms with Gasteiger partial charge < -0.3 is 25.1 Å². The van der Waals surface area contributed by atoms with Crippen LogP contribution < -0.4 is 16.0 Å². The molecular formula is C22H32IN5O3. The molecule has 1 aromatic heterocycles. The standard InChI is InChI=1S/C22H31N5O3.HI/c1-2-23-22(24-10-4-11-27-12-15-29-16-13-27)25-17-18-6-8-19(9-7-18)26-21(28)20-5-3-14-30-20;/h3,5-9,14H,2,4,10-13,15-17H2,1H3,(H,26,28)(H2,23,24,25);1H. The summed E-state index contributed by atoms with van der Waals surface area (Å²) in [5.74, 6) is 0.842. The fourth-order valence-electron chi connectivity index (χ4n) is 3.14. The topological polar surface area (TPSA) is 91.1 Å². The van der Waals surface area contributed by atoms with Gasteiger partial charge in [-0.3, -0.25) is 9.69 Å². The number of halogens is 1. The van der Waals surface area contributed by atoms with E-state index in [-0.39, 0.29) is 29.9 Å². The normalized spacial score (nSPS) is 14.5. The van der Waals surface area contributed by atoms with Crippen molar-refractivity contribution in [3.8, 4) is 0 Å². The molecule has 3 N–H and O–H groups in total. The van der Waals surface area contributed by atoms with Crippen molar-refractivity contribution in [2.45, 2.75) is 19.9 Å². The third kappa shape index (κ3) is 8.88. The number of aliphatic imine (C=N–C) groups is 1. The summed E-state index contributed by atoms with van der Waals surface area (Å²) >= 11 is 0. The summed E-state index contributed by atoms with van der Waals surface area (Å²) in [6.45, 7) is 9.09. The number of amides is 1. The highest BCUT2D eigenvalue weighted by atomic mass is 127. The van der Waals surface area contributed by atoms with Gasteiger partial charge in [0.15, 0.2) is 11.7 Å². The number of morpholine rings is 1. The van der Waals surface area contributed by atoms with Crippen molar-refractivity contribution < 1.29 is 13.9 Å². The lowest BCUT2D eigenvalue weighted by Crippen LogP contribution is -2.40. The molecule has 1 aliphatic heterocycles. The molecule has 0 bridgehead atoms. The lowest BCUT2D eigenvalue weighted by Gasteiger charge is -2.26. The Morgan fingerprint density at radius 3 is 2.58 bits per heavy atom. The van der Waals surface area contributed by atoms with Gasteiger partial charge in [-0.25, -0.2) is 4.99 Å². The minimum atomic E-state index is -0.263. The van der Waals surface area contributed by atoms with Crippen molar-refractivity contribution >= 4 is 41.5 Å². The van der Waals surface area contributed by atoms with Gasteiger partial charge in [0, 0.05) is 31.9 Å². The molecule has 8 nitrogen and oxygen atoms in total. The van der Waals surface area contributed by atoms with E-state index in [0.29, 0.717) is 12.3 Å². The molecule has 1 aromatic carbocycles. The molecule has 0 aliphatic carbocycles. The Hall–Kier alpha value is -2.11. The van der Waals surface area contributed by atoms with Crippen molar-refractivity contribution in [2.75, 3.05) is 51.3 Å². The van der Waals surface area contributed by atoms with Crippen LogP contribution in [0.3, 0.4) is 0 Å². The van der Waals surface area contributed by atoms with Gasteiger partial charge in [-0.1, -0.05) is 12.1 Å². The predicted molar refractivity (Wildman–Crippen MR) is 133 cm³/mol. The van der Waals surface area contributed by atoms with Crippen LogP contribution in [0.15, 0.2) is 52.1 Å². The maximum absolute atomic E-state index is 12.0. The van der Waals surface area contributed by atoms with Crippen LogP contribution in [0.4, 0.5) is 5.69 Å². The molecule has 3 rings (SSSR count). The number of furan rings is 1. The Labute approximate surface area is 200 Å². The largest absolute Gasteiger partial charge is 0.459 e. The first-order chi connectivity index (χ1) is 14.7. The van der Waals surface area contributed by atoms with Crippen molar-refractivity contribution in [1.82, 2.24) is 15.5 Å². The summed E-state index contributed by atoms with van der Waals surface area (Å²) < 4.78 is 10.5. The van der Waals surface area contributed by atoms with E-state index < -0.39 is 0 Å². The third-order valence-electron chi connectivity index (χ3n) is 4.77. The monoisotopic (exact) mass is 541 g/mol. The van der Waals surface area contributed by atoms with Crippen molar-refractivity contribution in [2.24, 2.45) is 4.99 Å². The molecule has 170 valence electrons. The van der Waals surface area contributed by atoms with Crippen LogP contribution in [0.25, 0.3) is 0 Å². The molecule has 9 heteroatoms. The number of hydrogen-bond donors (Lipinski definition) is 3. The number of hydrogen-bond acceptors (Lipinski definition) is 5. The highest BCUT2D eigenvalue weighted by Crippen LogP contribution is 2.12. The van der Waals surface area contributed by atoms with Crippen molar-refractivity contribution in [1.29, 1.82) is 0 Å². The number of anilines is 1. The number of carbonyl (C=O) groups is 1. The second-order valence-corrected chi connectivity index (χ2v) is 7.06. The Morgan fingerprint density at radius 1 is 1.13 bits per heavy atom. The number of nitrogens with one attached hydrogen (secondary N) is 3. The molecule has 0 unspecified atom stereocenters. The summed E-state index contributed by atoms with van der Waals surface area (Å²) in [7, 11) is 0. The van der Waals surface area contributed by atoms with E-state index in [2.05, 4.69) is 32.8 Å². The molecule has 2 aromatic rings. The third-order valence-corrected chi connectivity index (χ3v) is 4.77. The maximum atomic E-state index is 12.0. The zero-order valence-electron chi connectivity index (χ0n) is 17.9. The first-order valence-electron chi connectivity index (χ1n) is 10.5. The van der Waals surface area contributed by atoms with Crippen LogP contribution in [-0.2, 0) is 11.3 Å². The number of rotatable bonds is 9. The molecular weight excluding hydrogens is 509 g/mol. The highest BCUT2D eigenvalue weighted by molar-refractivity contribution is 14.0. The molecule has 31 heavy (non-hydrogen) atoms. The minimum absolute atomic E-state index is 0. The summed E-state index contributed by atoms with van der Waals surface area (Å²) in [5.41, 5.74) is 1.79. The van der Waals surface area contributed by atoms with Gasteiger partial charge >= 0.3 is 0 Å². The first-order valence-corrected chi connectivity index (χ1v) is 10.5. The molecule has 0 atom stereocenters. The molecule has 1 fully saturated rings. The number of benzene rings is 1. The van der Waals surface area contributed by atoms with Crippen LogP contribution in [0.1, 0.15) is 29.5 Å². The first kappa shape index (κ1) is 25.2. The van der Waals surface area contributed by atoms with Gasteiger partial charge in [0.2, 0.25) is 0 Å². The smallest absolute Gasteiger partial charge is 0.291 e. The van der Waals surface area contributed by atoms with Crippen LogP contribution in [0, 0.1) is 0 Å². The summed E-state index contributed by atoms with van der Waals surface area (Å²) in [4.78, 5) is 19.1. The van der Waals surface area contributed by atoms with Crippen LogP contribution in [0.5, 0.6) is 0 Å². The van der Waals surface area contributed by atoms with E-state index in [0.717, 1.165) is 69.6 Å². The molecule has 1 aliphatic rings. The van der Waals surface area contributed by atoms with Crippen LogP contribution in [-0.4, -0.2) is 62.7 Å². The van der Waals surface area contributed by atoms with E-state index in [1.54, 1.807) is 12.1 Å². The molecule has 2 heterocycles. The average molecular weight is 541 g/mol. The fraction of sp³-hybridized carbons (Fsp3) is 0.455. The average Bonchev–Trinajstić information content (AvgIpc) is 3.32. The number of nitrogens with zero attached hydrogens (tertiary/aromatic N) is 2. The zero-order chi connectivity index (χ0) is 21.0. The molecule has 0 spiro atoms. The van der Waals surface area contributed by atoms with Gasteiger partial charge in [-0.15, -0.1) is 24.0 Å². The molecule has 1 amide bonds. The van der Waals surface area contributed by atoms with E-state index in [4.69, 9.17) is 9.15 Å². The summed E-state index contributed by atoms with van der Waals surface area (Å²) in [6, 6.07) is 11.0. The van der Waals surface area contributed by atoms with E-state index in [1.165, 1.54) is 6.26 Å². The van der Waals surface area contributed by atoms with Gasteiger partial charge in [0.1, 0.15) is 0 Å². The second kappa shape index (κ2) is 14.0. The van der Waals surface area contributed by atoms with E-state index >= 15 is 0 Å². The highest BCUT2D eigenvalue weighted by Gasteiger charge is 2.10. The van der Waals surface area contributed by atoms with Gasteiger partial charge in [0.25, 0.3) is 5.91 Å².